The molecular formula is C23H20F4N2O3S. The molecule has 0 heterocycles. The van der Waals surface area contributed by atoms with Gasteiger partial charge in [-0.1, -0.05) is 24.3 Å². The van der Waals surface area contributed by atoms with E-state index in [2.05, 4.69) is 5.32 Å². The molecule has 0 spiro atoms. The van der Waals surface area contributed by atoms with Crippen molar-refractivity contribution in [2.45, 2.75) is 19.3 Å². The fourth-order valence-electron chi connectivity index (χ4n) is 3.08. The Morgan fingerprint density at radius 1 is 0.939 bits per heavy atom. The number of anilines is 1. The van der Waals surface area contributed by atoms with Crippen molar-refractivity contribution in [1.82, 2.24) is 5.32 Å². The van der Waals surface area contributed by atoms with Crippen LogP contribution in [0.4, 0.5) is 23.2 Å². The molecule has 0 fully saturated rings. The maximum Gasteiger partial charge on any atom is 0.416 e. The highest BCUT2D eigenvalue weighted by atomic mass is 32.2. The molecule has 0 bridgehead atoms. The van der Waals surface area contributed by atoms with Crippen LogP contribution in [0.3, 0.4) is 0 Å². The van der Waals surface area contributed by atoms with Crippen LogP contribution in [-0.2, 0) is 29.3 Å². The van der Waals surface area contributed by atoms with Gasteiger partial charge < -0.3 is 5.32 Å². The lowest BCUT2D eigenvalue weighted by molar-refractivity contribution is -0.137. The molecule has 0 saturated heterocycles. The van der Waals surface area contributed by atoms with Gasteiger partial charge in [0.2, 0.25) is 10.0 Å². The first-order chi connectivity index (χ1) is 15.4. The number of hydrogen-bond donors (Lipinski definition) is 1. The summed E-state index contributed by atoms with van der Waals surface area (Å²) in [6, 6.07) is 15.8. The molecule has 0 atom stereocenters. The van der Waals surface area contributed by atoms with E-state index in [9.17, 15) is 30.8 Å². The molecule has 5 nitrogen and oxygen atoms in total. The SMILES string of the molecule is CS(=O)(=O)N(Cc1ccc(F)cc1)c1ccc(C(=O)NCc2cccc(C(F)(F)F)c2)cc1. The Hall–Kier alpha value is -3.40. The van der Waals surface area contributed by atoms with E-state index >= 15 is 0 Å². The minimum Gasteiger partial charge on any atom is -0.348 e. The Bertz CT molecular complexity index is 1230. The van der Waals surface area contributed by atoms with E-state index in [0.29, 0.717) is 11.3 Å². The Morgan fingerprint density at radius 3 is 2.15 bits per heavy atom. The fraction of sp³-hybridized carbons (Fsp3) is 0.174. The Balaban J connectivity index is 1.71. The van der Waals surface area contributed by atoms with Gasteiger partial charge in [0.15, 0.2) is 0 Å². The van der Waals surface area contributed by atoms with Gasteiger partial charge in [-0.3, -0.25) is 9.10 Å². The van der Waals surface area contributed by atoms with E-state index < -0.39 is 33.5 Å². The minimum absolute atomic E-state index is 0.0276. The van der Waals surface area contributed by atoms with E-state index in [1.165, 1.54) is 60.7 Å². The topological polar surface area (TPSA) is 66.5 Å². The van der Waals surface area contributed by atoms with Crippen LogP contribution >= 0.6 is 0 Å². The monoisotopic (exact) mass is 480 g/mol. The average Bonchev–Trinajstić information content (AvgIpc) is 2.76. The van der Waals surface area contributed by atoms with Gasteiger partial charge in [-0.15, -0.1) is 0 Å². The smallest absolute Gasteiger partial charge is 0.348 e. The Kier molecular flexibility index (Phi) is 7.06. The van der Waals surface area contributed by atoms with Crippen LogP contribution in [0.5, 0.6) is 0 Å². The third-order valence-corrected chi connectivity index (χ3v) is 5.91. The van der Waals surface area contributed by atoms with Crippen LogP contribution < -0.4 is 9.62 Å². The molecule has 10 heteroatoms. The molecule has 0 radical (unpaired) electrons. The summed E-state index contributed by atoms with van der Waals surface area (Å²) in [5.41, 5.74) is 0.569. The van der Waals surface area contributed by atoms with Crippen LogP contribution in [0, 0.1) is 5.82 Å². The highest BCUT2D eigenvalue weighted by molar-refractivity contribution is 7.92. The third-order valence-electron chi connectivity index (χ3n) is 4.76. The van der Waals surface area contributed by atoms with Crippen molar-refractivity contribution in [3.63, 3.8) is 0 Å². The lowest BCUT2D eigenvalue weighted by Crippen LogP contribution is -2.29. The second-order valence-electron chi connectivity index (χ2n) is 7.32. The normalized spacial score (nSPS) is 11.8. The van der Waals surface area contributed by atoms with Gasteiger partial charge >= 0.3 is 6.18 Å². The third kappa shape index (κ3) is 6.55. The first-order valence-corrected chi connectivity index (χ1v) is 11.5. The molecule has 3 rings (SSSR count). The lowest BCUT2D eigenvalue weighted by Gasteiger charge is -2.22. The van der Waals surface area contributed by atoms with E-state index in [4.69, 9.17) is 0 Å². The van der Waals surface area contributed by atoms with E-state index in [0.717, 1.165) is 22.7 Å². The van der Waals surface area contributed by atoms with Crippen molar-refractivity contribution in [2.24, 2.45) is 0 Å². The Labute approximate surface area is 188 Å². The predicted octanol–water partition coefficient (Wildman–Crippen LogP) is 4.74. The number of rotatable bonds is 7. The first kappa shape index (κ1) is 24.2. The number of amides is 1. The predicted molar refractivity (Wildman–Crippen MR) is 116 cm³/mol. The summed E-state index contributed by atoms with van der Waals surface area (Å²) in [7, 11) is -3.67. The van der Waals surface area contributed by atoms with E-state index in [1.54, 1.807) is 0 Å². The van der Waals surface area contributed by atoms with Gasteiger partial charge in [0, 0.05) is 12.1 Å². The summed E-state index contributed by atoms with van der Waals surface area (Å²) in [5, 5.41) is 2.54. The summed E-state index contributed by atoms with van der Waals surface area (Å²) < 4.78 is 77.3. The second kappa shape index (κ2) is 9.62. The number of carbonyl (C=O) groups excluding carboxylic acids is 1. The number of hydrogen-bond acceptors (Lipinski definition) is 3. The molecular weight excluding hydrogens is 460 g/mol. The van der Waals surface area contributed by atoms with Gasteiger partial charge in [0.25, 0.3) is 5.91 Å². The van der Waals surface area contributed by atoms with Crippen molar-refractivity contribution in [2.75, 3.05) is 10.6 Å². The van der Waals surface area contributed by atoms with E-state index in [1.807, 2.05) is 0 Å². The van der Waals surface area contributed by atoms with Crippen LogP contribution in [0.15, 0.2) is 72.8 Å². The number of benzene rings is 3. The summed E-state index contributed by atoms with van der Waals surface area (Å²) in [6.07, 6.45) is -3.44. The molecule has 0 aromatic heterocycles. The van der Waals surface area contributed by atoms with Crippen molar-refractivity contribution in [1.29, 1.82) is 0 Å². The van der Waals surface area contributed by atoms with Crippen LogP contribution in [-0.4, -0.2) is 20.6 Å². The zero-order chi connectivity index (χ0) is 24.2. The van der Waals surface area contributed by atoms with Gasteiger partial charge in [0.05, 0.1) is 24.1 Å². The van der Waals surface area contributed by atoms with Crippen LogP contribution in [0.1, 0.15) is 27.0 Å². The molecule has 3 aromatic carbocycles. The molecule has 174 valence electrons. The molecule has 0 aliphatic carbocycles. The zero-order valence-electron chi connectivity index (χ0n) is 17.4. The van der Waals surface area contributed by atoms with Gasteiger partial charge in [-0.05, 0) is 59.7 Å². The number of alkyl halides is 3. The molecule has 3 aromatic rings. The Morgan fingerprint density at radius 2 is 1.58 bits per heavy atom. The lowest BCUT2D eigenvalue weighted by atomic mass is 10.1. The number of carbonyl (C=O) groups is 1. The molecule has 33 heavy (non-hydrogen) atoms. The maximum absolute atomic E-state index is 13.1. The van der Waals surface area contributed by atoms with Gasteiger partial charge in [0.1, 0.15) is 5.82 Å². The molecule has 0 aliphatic heterocycles. The highest BCUT2D eigenvalue weighted by Crippen LogP contribution is 2.29. The summed E-state index contributed by atoms with van der Waals surface area (Å²) in [4.78, 5) is 12.4. The molecule has 1 amide bonds. The summed E-state index contributed by atoms with van der Waals surface area (Å²) in [5.74, 6) is -0.964. The average molecular weight is 480 g/mol. The molecule has 0 saturated carbocycles. The molecule has 0 aliphatic rings. The van der Waals surface area contributed by atoms with Crippen molar-refractivity contribution >= 4 is 21.6 Å². The van der Waals surface area contributed by atoms with Gasteiger partial charge in [-0.25, -0.2) is 12.8 Å². The van der Waals surface area contributed by atoms with Crippen molar-refractivity contribution in [3.05, 3.63) is 101 Å². The quantitative estimate of drug-likeness (QED) is 0.497. The first-order valence-electron chi connectivity index (χ1n) is 9.70. The van der Waals surface area contributed by atoms with Crippen LogP contribution in [0.25, 0.3) is 0 Å². The number of nitrogens with one attached hydrogen (secondary N) is 1. The van der Waals surface area contributed by atoms with Crippen molar-refractivity contribution in [3.8, 4) is 0 Å². The minimum atomic E-state index is -4.48. The second-order valence-corrected chi connectivity index (χ2v) is 9.23. The van der Waals surface area contributed by atoms with Crippen molar-refractivity contribution < 1.29 is 30.8 Å². The molecule has 0 unspecified atom stereocenters. The number of halogens is 4. The standard InChI is InChI=1S/C23H20F4N2O3S/c1-33(31,32)29(15-16-5-9-20(24)10-6-16)21-11-7-18(8-12-21)22(30)28-14-17-3-2-4-19(13-17)23(25,26)27/h2-13H,14-15H2,1H3,(H,28,30). The largest absolute Gasteiger partial charge is 0.416 e. The van der Waals surface area contributed by atoms with Crippen LogP contribution in [0.2, 0.25) is 0 Å². The van der Waals surface area contributed by atoms with Gasteiger partial charge in [-0.2, -0.15) is 13.2 Å². The maximum atomic E-state index is 13.1. The summed E-state index contributed by atoms with van der Waals surface area (Å²) in [6.45, 7) is -0.134. The number of nitrogens with zero attached hydrogens (tertiary/aromatic N) is 1. The van der Waals surface area contributed by atoms with E-state index in [-0.39, 0.29) is 24.2 Å². The summed E-state index contributed by atoms with van der Waals surface area (Å²) >= 11 is 0. The zero-order valence-corrected chi connectivity index (χ0v) is 18.3. The number of sulfonamides is 1. The fourth-order valence-corrected chi connectivity index (χ4v) is 3.96. The molecule has 1 N–H and O–H groups in total. The highest BCUT2D eigenvalue weighted by Gasteiger charge is 2.30.